The first-order chi connectivity index (χ1) is 8.98. The van der Waals surface area contributed by atoms with Gasteiger partial charge in [-0.2, -0.15) is 0 Å². The van der Waals surface area contributed by atoms with Crippen molar-refractivity contribution in [2.45, 2.75) is 51.0 Å². The van der Waals surface area contributed by atoms with Gasteiger partial charge in [0.05, 0.1) is 5.69 Å². The molecular weight excluding hydrogens is 304 g/mol. The Labute approximate surface area is 123 Å². The predicted molar refractivity (Wildman–Crippen MR) is 82.1 cm³/mol. The largest absolute Gasteiger partial charge is 0.325 e. The maximum absolute atomic E-state index is 12.1. The maximum Gasteiger partial charge on any atom is 0.226 e. The summed E-state index contributed by atoms with van der Waals surface area (Å²) in [6.07, 6.45) is 5.83. The highest BCUT2D eigenvalue weighted by atomic mass is 79.9. The van der Waals surface area contributed by atoms with Gasteiger partial charge in [0.2, 0.25) is 5.91 Å². The summed E-state index contributed by atoms with van der Waals surface area (Å²) in [4.78, 5) is 12.1. The third-order valence-electron chi connectivity index (χ3n) is 3.76. The van der Waals surface area contributed by atoms with Crippen LogP contribution in [0.1, 0.15) is 44.1 Å². The number of nitrogens with two attached hydrogens (primary N) is 1. The molecule has 0 unspecified atom stereocenters. The molecule has 0 aromatic heterocycles. The highest BCUT2D eigenvalue weighted by molar-refractivity contribution is 9.10. The fourth-order valence-electron chi connectivity index (χ4n) is 2.68. The lowest BCUT2D eigenvalue weighted by Gasteiger charge is -2.32. The smallest absolute Gasteiger partial charge is 0.226 e. The monoisotopic (exact) mass is 324 g/mol. The predicted octanol–water partition coefficient (Wildman–Crippen LogP) is 3.75. The minimum atomic E-state index is -0.307. The van der Waals surface area contributed by atoms with Gasteiger partial charge in [-0.05, 0) is 53.4 Å². The van der Waals surface area contributed by atoms with E-state index in [9.17, 15) is 4.79 Å². The van der Waals surface area contributed by atoms with E-state index in [2.05, 4.69) is 21.2 Å². The van der Waals surface area contributed by atoms with Crippen LogP contribution in [0.5, 0.6) is 0 Å². The summed E-state index contributed by atoms with van der Waals surface area (Å²) in [5.41, 5.74) is 7.95. The van der Waals surface area contributed by atoms with Crippen molar-refractivity contribution in [3.63, 3.8) is 0 Å². The fourth-order valence-corrected chi connectivity index (χ4v) is 3.03. The SMILES string of the molecule is Cc1ccc(Br)c(NC(=O)CC2(N)CCCCC2)c1. The van der Waals surface area contributed by atoms with E-state index in [1.165, 1.54) is 6.42 Å². The number of nitrogens with one attached hydrogen (secondary N) is 1. The first-order valence-corrected chi connectivity index (χ1v) is 7.63. The van der Waals surface area contributed by atoms with Crippen LogP contribution in [0.15, 0.2) is 22.7 Å². The highest BCUT2D eigenvalue weighted by Crippen LogP contribution is 2.30. The summed E-state index contributed by atoms with van der Waals surface area (Å²) >= 11 is 3.45. The molecule has 1 amide bonds. The molecule has 3 N–H and O–H groups in total. The fraction of sp³-hybridized carbons (Fsp3) is 0.533. The van der Waals surface area contributed by atoms with Crippen molar-refractivity contribution in [2.24, 2.45) is 5.73 Å². The van der Waals surface area contributed by atoms with Gasteiger partial charge < -0.3 is 11.1 Å². The molecule has 0 bridgehead atoms. The van der Waals surface area contributed by atoms with Crippen LogP contribution in [0.4, 0.5) is 5.69 Å². The lowest BCUT2D eigenvalue weighted by molar-refractivity contribution is -0.117. The number of hydrogen-bond acceptors (Lipinski definition) is 2. The van der Waals surface area contributed by atoms with Gasteiger partial charge in [0.15, 0.2) is 0 Å². The van der Waals surface area contributed by atoms with E-state index in [1.54, 1.807) is 0 Å². The molecule has 1 saturated carbocycles. The Morgan fingerprint density at radius 2 is 2.05 bits per heavy atom. The Balaban J connectivity index is 1.99. The van der Waals surface area contributed by atoms with Crippen molar-refractivity contribution in [3.05, 3.63) is 28.2 Å². The maximum atomic E-state index is 12.1. The third-order valence-corrected chi connectivity index (χ3v) is 4.45. The van der Waals surface area contributed by atoms with Crippen LogP contribution in [0.2, 0.25) is 0 Å². The highest BCUT2D eigenvalue weighted by Gasteiger charge is 2.30. The average Bonchev–Trinajstić information content (AvgIpc) is 2.34. The zero-order chi connectivity index (χ0) is 13.9. The van der Waals surface area contributed by atoms with Crippen LogP contribution in [0.3, 0.4) is 0 Å². The van der Waals surface area contributed by atoms with Crippen LogP contribution in [0, 0.1) is 6.92 Å². The van der Waals surface area contributed by atoms with Crippen molar-refractivity contribution >= 4 is 27.5 Å². The van der Waals surface area contributed by atoms with Gasteiger partial charge in [0, 0.05) is 16.4 Å². The first kappa shape index (κ1) is 14.5. The van der Waals surface area contributed by atoms with E-state index in [0.29, 0.717) is 6.42 Å². The molecule has 3 nitrogen and oxygen atoms in total. The number of anilines is 1. The van der Waals surface area contributed by atoms with E-state index in [0.717, 1.165) is 41.4 Å². The molecule has 19 heavy (non-hydrogen) atoms. The molecule has 1 aromatic carbocycles. The average molecular weight is 325 g/mol. The van der Waals surface area contributed by atoms with E-state index >= 15 is 0 Å². The Bertz CT molecular complexity index is 467. The van der Waals surface area contributed by atoms with Crippen LogP contribution in [-0.4, -0.2) is 11.4 Å². The van der Waals surface area contributed by atoms with Crippen LogP contribution >= 0.6 is 15.9 Å². The van der Waals surface area contributed by atoms with Crippen LogP contribution < -0.4 is 11.1 Å². The molecule has 1 fully saturated rings. The molecule has 0 heterocycles. The molecular formula is C15H21BrN2O. The molecule has 1 aromatic rings. The lowest BCUT2D eigenvalue weighted by Crippen LogP contribution is -2.44. The lowest BCUT2D eigenvalue weighted by atomic mass is 9.80. The third kappa shape index (κ3) is 4.05. The van der Waals surface area contributed by atoms with Crippen molar-refractivity contribution in [1.82, 2.24) is 0 Å². The van der Waals surface area contributed by atoms with Gasteiger partial charge in [-0.25, -0.2) is 0 Å². The van der Waals surface area contributed by atoms with Crippen molar-refractivity contribution in [2.75, 3.05) is 5.32 Å². The number of halogens is 1. The summed E-state index contributed by atoms with van der Waals surface area (Å²) in [7, 11) is 0. The Hall–Kier alpha value is -0.870. The zero-order valence-corrected chi connectivity index (χ0v) is 12.9. The molecule has 0 radical (unpaired) electrons. The summed E-state index contributed by atoms with van der Waals surface area (Å²) in [5, 5.41) is 2.96. The molecule has 0 spiro atoms. The Morgan fingerprint density at radius 3 is 2.74 bits per heavy atom. The van der Waals surface area contributed by atoms with E-state index < -0.39 is 0 Å². The minimum Gasteiger partial charge on any atom is -0.325 e. The first-order valence-electron chi connectivity index (χ1n) is 6.83. The minimum absolute atomic E-state index is 0.00991. The molecule has 4 heteroatoms. The standard InChI is InChI=1S/C15H21BrN2O/c1-11-5-6-12(16)13(9-11)18-14(19)10-15(17)7-3-2-4-8-15/h5-6,9H,2-4,7-8,10,17H2,1H3,(H,18,19). The van der Waals surface area contributed by atoms with Gasteiger partial charge in [0.1, 0.15) is 0 Å². The number of rotatable bonds is 3. The number of benzene rings is 1. The second-order valence-corrected chi connectivity index (χ2v) is 6.49. The summed E-state index contributed by atoms with van der Waals surface area (Å²) in [6, 6.07) is 5.92. The normalized spacial score (nSPS) is 18.1. The van der Waals surface area contributed by atoms with Crippen molar-refractivity contribution in [3.8, 4) is 0 Å². The van der Waals surface area contributed by atoms with E-state index in [1.807, 2.05) is 25.1 Å². The van der Waals surface area contributed by atoms with Gasteiger partial charge >= 0.3 is 0 Å². The van der Waals surface area contributed by atoms with Gasteiger partial charge in [-0.1, -0.05) is 25.3 Å². The molecule has 0 aliphatic heterocycles. The van der Waals surface area contributed by atoms with Gasteiger partial charge in [0.25, 0.3) is 0 Å². The molecule has 1 aliphatic carbocycles. The molecule has 2 rings (SSSR count). The Kier molecular flexibility index (Phi) is 4.63. The summed E-state index contributed by atoms with van der Waals surface area (Å²) in [6.45, 7) is 2.01. The van der Waals surface area contributed by atoms with Crippen molar-refractivity contribution < 1.29 is 4.79 Å². The van der Waals surface area contributed by atoms with Crippen LogP contribution in [0.25, 0.3) is 0 Å². The van der Waals surface area contributed by atoms with Gasteiger partial charge in [-0.3, -0.25) is 4.79 Å². The summed E-state index contributed by atoms with van der Waals surface area (Å²) < 4.78 is 0.904. The van der Waals surface area contributed by atoms with Crippen molar-refractivity contribution in [1.29, 1.82) is 0 Å². The number of carbonyl (C=O) groups is 1. The summed E-state index contributed by atoms with van der Waals surface area (Å²) in [5.74, 6) is 0.00991. The number of carbonyl (C=O) groups excluding carboxylic acids is 1. The Morgan fingerprint density at radius 1 is 1.37 bits per heavy atom. The second-order valence-electron chi connectivity index (χ2n) is 5.63. The zero-order valence-electron chi connectivity index (χ0n) is 11.3. The van der Waals surface area contributed by atoms with E-state index in [-0.39, 0.29) is 11.4 Å². The number of hydrogen-bond donors (Lipinski definition) is 2. The second kappa shape index (κ2) is 6.06. The van der Waals surface area contributed by atoms with Crippen LogP contribution in [-0.2, 0) is 4.79 Å². The number of amides is 1. The van der Waals surface area contributed by atoms with E-state index in [4.69, 9.17) is 5.73 Å². The molecule has 0 saturated heterocycles. The number of aryl methyl sites for hydroxylation is 1. The van der Waals surface area contributed by atoms with Gasteiger partial charge in [-0.15, -0.1) is 0 Å². The molecule has 0 atom stereocenters. The molecule has 1 aliphatic rings. The molecule has 104 valence electrons. The topological polar surface area (TPSA) is 55.1 Å². The quantitative estimate of drug-likeness (QED) is 0.889.